The predicted molar refractivity (Wildman–Crippen MR) is 94.0 cm³/mol. The summed E-state index contributed by atoms with van der Waals surface area (Å²) in [6.45, 7) is 1.25. The van der Waals surface area contributed by atoms with E-state index in [9.17, 15) is 9.59 Å². The molecular weight excluding hydrogens is 316 g/mol. The molecule has 0 unspecified atom stereocenters. The Morgan fingerprint density at radius 3 is 2.40 bits per heavy atom. The highest BCUT2D eigenvalue weighted by Gasteiger charge is 2.23. The van der Waals surface area contributed by atoms with Crippen LogP contribution in [0.4, 0.5) is 0 Å². The van der Waals surface area contributed by atoms with Gasteiger partial charge in [-0.25, -0.2) is 4.79 Å². The van der Waals surface area contributed by atoms with Crippen LogP contribution in [0.2, 0.25) is 0 Å². The molecule has 0 spiro atoms. The largest absolute Gasteiger partial charge is 0.452 e. The second-order valence-corrected chi connectivity index (χ2v) is 6.33. The minimum Gasteiger partial charge on any atom is -0.452 e. The van der Waals surface area contributed by atoms with E-state index < -0.39 is 5.97 Å². The van der Waals surface area contributed by atoms with E-state index in [4.69, 9.17) is 4.74 Å². The first kappa shape index (κ1) is 17.1. The highest BCUT2D eigenvalue weighted by Crippen LogP contribution is 2.21. The number of pyridine rings is 1. The van der Waals surface area contributed by atoms with Crippen LogP contribution >= 0.6 is 0 Å². The third-order valence-electron chi connectivity index (χ3n) is 4.58. The fourth-order valence-corrected chi connectivity index (χ4v) is 3.12. The predicted octanol–water partition coefficient (Wildman–Crippen LogP) is 2.72. The van der Waals surface area contributed by atoms with Gasteiger partial charge in [-0.3, -0.25) is 9.78 Å². The van der Waals surface area contributed by atoms with Gasteiger partial charge in [0.2, 0.25) is 0 Å². The van der Waals surface area contributed by atoms with E-state index in [1.165, 1.54) is 18.0 Å². The maximum atomic E-state index is 12.2. The third kappa shape index (κ3) is 4.89. The Balaban J connectivity index is 1.42. The van der Waals surface area contributed by atoms with E-state index in [2.05, 4.69) is 29.2 Å². The monoisotopic (exact) mass is 338 g/mol. The van der Waals surface area contributed by atoms with Crippen LogP contribution in [-0.2, 0) is 16.0 Å². The SMILES string of the molecule is O=C(OCC(=O)N1CCC(Cc2ccccc2)CC1)c1ccncc1. The molecule has 0 saturated carbocycles. The lowest BCUT2D eigenvalue weighted by atomic mass is 9.90. The highest BCUT2D eigenvalue weighted by molar-refractivity contribution is 5.91. The molecule has 1 saturated heterocycles. The molecule has 3 rings (SSSR count). The van der Waals surface area contributed by atoms with Gasteiger partial charge < -0.3 is 9.64 Å². The quantitative estimate of drug-likeness (QED) is 0.787. The minimum atomic E-state index is -0.491. The normalized spacial score (nSPS) is 15.0. The van der Waals surface area contributed by atoms with E-state index in [0.717, 1.165) is 32.4 Å². The number of hydrogen-bond acceptors (Lipinski definition) is 4. The maximum absolute atomic E-state index is 12.2. The average molecular weight is 338 g/mol. The number of hydrogen-bond donors (Lipinski definition) is 0. The van der Waals surface area contributed by atoms with Crippen molar-refractivity contribution in [2.45, 2.75) is 19.3 Å². The molecule has 130 valence electrons. The molecule has 25 heavy (non-hydrogen) atoms. The van der Waals surface area contributed by atoms with Gasteiger partial charge in [0.1, 0.15) is 0 Å². The highest BCUT2D eigenvalue weighted by atomic mass is 16.5. The summed E-state index contributed by atoms with van der Waals surface area (Å²) in [6, 6.07) is 13.6. The molecule has 5 heteroatoms. The Labute approximate surface area is 147 Å². The summed E-state index contributed by atoms with van der Waals surface area (Å²) < 4.78 is 5.11. The molecule has 1 amide bonds. The summed E-state index contributed by atoms with van der Waals surface area (Å²) in [5.41, 5.74) is 1.75. The number of rotatable bonds is 5. The topological polar surface area (TPSA) is 59.5 Å². The van der Waals surface area contributed by atoms with Crippen molar-refractivity contribution >= 4 is 11.9 Å². The minimum absolute atomic E-state index is 0.124. The zero-order chi connectivity index (χ0) is 17.5. The summed E-state index contributed by atoms with van der Waals surface area (Å²) in [7, 11) is 0. The van der Waals surface area contributed by atoms with E-state index in [1.807, 2.05) is 6.07 Å². The number of esters is 1. The van der Waals surface area contributed by atoms with Crippen LogP contribution in [0.5, 0.6) is 0 Å². The van der Waals surface area contributed by atoms with Crippen LogP contribution < -0.4 is 0 Å². The standard InChI is InChI=1S/C20H22N2O3/c23-19(15-25-20(24)18-6-10-21-11-7-18)22-12-8-17(9-13-22)14-16-4-2-1-3-5-16/h1-7,10-11,17H,8-9,12-15H2. The lowest BCUT2D eigenvalue weighted by Gasteiger charge is -2.32. The molecule has 0 bridgehead atoms. The first-order valence-corrected chi connectivity index (χ1v) is 8.61. The molecule has 1 aromatic carbocycles. The van der Waals surface area contributed by atoms with Gasteiger partial charge in [-0.2, -0.15) is 0 Å². The summed E-state index contributed by atoms with van der Waals surface area (Å²) in [5.74, 6) is -0.0129. The molecule has 1 aliphatic heterocycles. The van der Waals surface area contributed by atoms with Crippen molar-refractivity contribution < 1.29 is 14.3 Å². The lowest BCUT2D eigenvalue weighted by Crippen LogP contribution is -2.41. The first-order valence-electron chi connectivity index (χ1n) is 8.61. The second kappa shape index (κ2) is 8.42. The van der Waals surface area contributed by atoms with Gasteiger partial charge in [-0.05, 0) is 42.9 Å². The van der Waals surface area contributed by atoms with Crippen LogP contribution in [0.25, 0.3) is 0 Å². The van der Waals surface area contributed by atoms with Gasteiger partial charge in [-0.1, -0.05) is 30.3 Å². The molecule has 0 aliphatic carbocycles. The van der Waals surface area contributed by atoms with Gasteiger partial charge >= 0.3 is 5.97 Å². The van der Waals surface area contributed by atoms with Crippen molar-refractivity contribution in [2.24, 2.45) is 5.92 Å². The lowest BCUT2D eigenvalue weighted by molar-refractivity contribution is -0.135. The fourth-order valence-electron chi connectivity index (χ4n) is 3.12. The number of ether oxygens (including phenoxy) is 1. The van der Waals surface area contributed by atoms with Gasteiger partial charge in [-0.15, -0.1) is 0 Å². The Hall–Kier alpha value is -2.69. The molecule has 0 radical (unpaired) electrons. The van der Waals surface area contributed by atoms with Crippen LogP contribution in [0.15, 0.2) is 54.9 Å². The van der Waals surface area contributed by atoms with Gasteiger partial charge in [0.15, 0.2) is 6.61 Å². The fraction of sp³-hybridized carbons (Fsp3) is 0.350. The molecule has 1 fully saturated rings. The average Bonchev–Trinajstić information content (AvgIpc) is 2.68. The van der Waals surface area contributed by atoms with Crippen molar-refractivity contribution in [1.29, 1.82) is 0 Å². The van der Waals surface area contributed by atoms with Crippen LogP contribution in [0, 0.1) is 5.92 Å². The summed E-state index contributed by atoms with van der Waals surface area (Å²) in [4.78, 5) is 29.7. The van der Waals surface area contributed by atoms with E-state index in [0.29, 0.717) is 11.5 Å². The number of amides is 1. The molecule has 0 N–H and O–H groups in total. The molecule has 0 atom stereocenters. The van der Waals surface area contributed by atoms with Crippen molar-refractivity contribution in [3.63, 3.8) is 0 Å². The first-order chi connectivity index (χ1) is 12.2. The van der Waals surface area contributed by atoms with Crippen molar-refractivity contribution in [1.82, 2.24) is 9.88 Å². The van der Waals surface area contributed by atoms with Crippen LogP contribution in [0.1, 0.15) is 28.8 Å². The number of piperidine rings is 1. The van der Waals surface area contributed by atoms with Gasteiger partial charge in [0.25, 0.3) is 5.91 Å². The molecule has 2 heterocycles. The van der Waals surface area contributed by atoms with Gasteiger partial charge in [0.05, 0.1) is 5.56 Å². The summed E-state index contributed by atoms with van der Waals surface area (Å²) >= 11 is 0. The Kier molecular flexibility index (Phi) is 5.77. The van der Waals surface area contributed by atoms with Crippen LogP contribution in [0.3, 0.4) is 0 Å². The molecule has 5 nitrogen and oxygen atoms in total. The molecule has 1 aromatic heterocycles. The molecular formula is C20H22N2O3. The third-order valence-corrected chi connectivity index (χ3v) is 4.58. The van der Waals surface area contributed by atoms with Gasteiger partial charge in [0, 0.05) is 25.5 Å². The summed E-state index contributed by atoms with van der Waals surface area (Å²) in [5, 5.41) is 0. The Morgan fingerprint density at radius 2 is 1.72 bits per heavy atom. The van der Waals surface area contributed by atoms with E-state index in [1.54, 1.807) is 17.0 Å². The van der Waals surface area contributed by atoms with Crippen molar-refractivity contribution in [2.75, 3.05) is 19.7 Å². The molecule has 1 aliphatic rings. The van der Waals surface area contributed by atoms with E-state index >= 15 is 0 Å². The smallest absolute Gasteiger partial charge is 0.338 e. The van der Waals surface area contributed by atoms with Crippen molar-refractivity contribution in [3.8, 4) is 0 Å². The van der Waals surface area contributed by atoms with Crippen molar-refractivity contribution in [3.05, 3.63) is 66.0 Å². The number of nitrogens with zero attached hydrogens (tertiary/aromatic N) is 2. The number of carbonyl (C=O) groups is 2. The number of likely N-dealkylation sites (tertiary alicyclic amines) is 1. The number of aromatic nitrogens is 1. The van der Waals surface area contributed by atoms with E-state index in [-0.39, 0.29) is 12.5 Å². The van der Waals surface area contributed by atoms with Crippen LogP contribution in [-0.4, -0.2) is 41.5 Å². The molecule has 2 aromatic rings. The Bertz CT molecular complexity index is 695. The second-order valence-electron chi connectivity index (χ2n) is 6.33. The Morgan fingerprint density at radius 1 is 1.04 bits per heavy atom. The zero-order valence-corrected chi connectivity index (χ0v) is 14.1. The zero-order valence-electron chi connectivity index (χ0n) is 14.1. The number of benzene rings is 1. The maximum Gasteiger partial charge on any atom is 0.338 e. The number of carbonyl (C=O) groups excluding carboxylic acids is 2. The summed E-state index contributed by atoms with van der Waals surface area (Å²) in [6.07, 6.45) is 6.07.